The minimum Gasteiger partial charge on any atom is -0.439 e. The van der Waals surface area contributed by atoms with Crippen molar-refractivity contribution in [1.29, 1.82) is 0 Å². The van der Waals surface area contributed by atoms with E-state index in [1.54, 1.807) is 0 Å². The third-order valence-corrected chi connectivity index (χ3v) is 4.20. The van der Waals surface area contributed by atoms with E-state index in [2.05, 4.69) is 6.92 Å². The molecule has 0 aromatic rings. The molecule has 0 heterocycles. The van der Waals surface area contributed by atoms with E-state index in [0.29, 0.717) is 0 Å². The second-order valence-corrected chi connectivity index (χ2v) is 8.62. The molecule has 0 fully saturated rings. The molecule has 0 spiro atoms. The SMILES string of the molecule is CCCCC[SiH](O)[SiH3]. The summed E-state index contributed by atoms with van der Waals surface area (Å²) in [5.74, 6) is 0. The molecule has 3 heteroatoms. The maximum atomic E-state index is 8.98. The number of unbranched alkanes of at least 4 members (excludes halogenated alkanes) is 2. The summed E-state index contributed by atoms with van der Waals surface area (Å²) < 4.78 is 0. The molecule has 50 valence electrons. The van der Waals surface area contributed by atoms with Crippen molar-refractivity contribution >= 4 is 18.3 Å². The van der Waals surface area contributed by atoms with E-state index in [4.69, 9.17) is 4.80 Å². The molecule has 1 nitrogen and oxygen atoms in total. The third kappa shape index (κ3) is 6.39. The van der Waals surface area contributed by atoms with Gasteiger partial charge in [0.2, 0.25) is 0 Å². The lowest BCUT2D eigenvalue weighted by Gasteiger charge is -1.98. The van der Waals surface area contributed by atoms with Crippen molar-refractivity contribution in [2.24, 2.45) is 0 Å². The first-order chi connectivity index (χ1) is 3.77. The topological polar surface area (TPSA) is 20.2 Å². The highest BCUT2D eigenvalue weighted by molar-refractivity contribution is 6.98. The molecule has 0 radical (unpaired) electrons. The Labute approximate surface area is 56.1 Å². The largest absolute Gasteiger partial charge is 0.439 e. The fourth-order valence-electron chi connectivity index (χ4n) is 0.690. The third-order valence-electron chi connectivity index (χ3n) is 1.23. The minimum atomic E-state index is -1.06. The maximum absolute atomic E-state index is 8.98. The highest BCUT2D eigenvalue weighted by atomic mass is 29.2. The van der Waals surface area contributed by atoms with Crippen LogP contribution < -0.4 is 0 Å². The fourth-order valence-corrected chi connectivity index (χ4v) is 2.79. The molecule has 0 saturated heterocycles. The van der Waals surface area contributed by atoms with Crippen LogP contribution >= 0.6 is 0 Å². The highest BCUT2D eigenvalue weighted by Crippen LogP contribution is 1.99. The molecule has 0 amide bonds. The summed E-state index contributed by atoms with van der Waals surface area (Å²) in [5.41, 5.74) is 0. The van der Waals surface area contributed by atoms with Gasteiger partial charge in [-0.1, -0.05) is 26.2 Å². The van der Waals surface area contributed by atoms with Crippen molar-refractivity contribution in [3.05, 3.63) is 0 Å². The van der Waals surface area contributed by atoms with Crippen LogP contribution in [0, 0.1) is 0 Å². The summed E-state index contributed by atoms with van der Waals surface area (Å²) in [6.45, 7) is 2.20. The van der Waals surface area contributed by atoms with Gasteiger partial charge in [-0.05, 0) is 6.04 Å². The average molecular weight is 148 g/mol. The smallest absolute Gasteiger partial charge is 0.149 e. The van der Waals surface area contributed by atoms with E-state index in [0.717, 1.165) is 9.76 Å². The van der Waals surface area contributed by atoms with Crippen molar-refractivity contribution in [2.75, 3.05) is 0 Å². The average Bonchev–Trinajstić information content (AvgIpc) is 1.66. The van der Waals surface area contributed by atoms with Crippen LogP contribution in [0.25, 0.3) is 0 Å². The predicted octanol–water partition coefficient (Wildman–Crippen LogP) is -0.245. The maximum Gasteiger partial charge on any atom is 0.149 e. The Kier molecular flexibility index (Phi) is 5.80. The summed E-state index contributed by atoms with van der Waals surface area (Å²) >= 11 is 0. The van der Waals surface area contributed by atoms with Gasteiger partial charge in [0, 0.05) is 9.76 Å². The lowest BCUT2D eigenvalue weighted by atomic mass is 10.3. The lowest BCUT2D eigenvalue weighted by Crippen LogP contribution is -2.10. The van der Waals surface area contributed by atoms with Gasteiger partial charge in [0.05, 0.1) is 0 Å². The normalized spacial score (nSPS) is 14.2. The first-order valence-corrected chi connectivity index (χ1v) is 9.40. The first-order valence-electron chi connectivity index (χ1n) is 3.45. The molecule has 1 unspecified atom stereocenters. The second kappa shape index (κ2) is 5.53. The Morgan fingerprint density at radius 2 is 2.12 bits per heavy atom. The molecule has 0 bridgehead atoms. The van der Waals surface area contributed by atoms with Gasteiger partial charge in [0.15, 0.2) is 0 Å². The van der Waals surface area contributed by atoms with Gasteiger partial charge >= 0.3 is 0 Å². The van der Waals surface area contributed by atoms with Crippen LogP contribution in [0.5, 0.6) is 0 Å². The van der Waals surface area contributed by atoms with Gasteiger partial charge in [-0.3, -0.25) is 0 Å². The van der Waals surface area contributed by atoms with E-state index >= 15 is 0 Å². The molecule has 1 atom stereocenters. The van der Waals surface area contributed by atoms with Crippen molar-refractivity contribution in [2.45, 2.75) is 32.2 Å². The van der Waals surface area contributed by atoms with Gasteiger partial charge < -0.3 is 4.80 Å². The summed E-state index contributed by atoms with van der Waals surface area (Å²) in [5, 5.41) is 0. The number of hydrogen-bond donors (Lipinski definition) is 1. The van der Waals surface area contributed by atoms with Crippen molar-refractivity contribution < 1.29 is 4.80 Å². The van der Waals surface area contributed by atoms with E-state index in [1.807, 2.05) is 0 Å². The molecule has 8 heavy (non-hydrogen) atoms. The van der Waals surface area contributed by atoms with Crippen LogP contribution in [0.4, 0.5) is 0 Å². The molecule has 0 saturated carbocycles. The van der Waals surface area contributed by atoms with Crippen LogP contribution in [0.3, 0.4) is 0 Å². The van der Waals surface area contributed by atoms with Crippen LogP contribution in [-0.2, 0) is 0 Å². The summed E-state index contributed by atoms with van der Waals surface area (Å²) in [7, 11) is 0.0170. The molecule has 0 aromatic carbocycles. The molecule has 0 aliphatic carbocycles. The van der Waals surface area contributed by atoms with Crippen LogP contribution in [0.1, 0.15) is 26.2 Å². The van der Waals surface area contributed by atoms with E-state index < -0.39 is 8.56 Å². The van der Waals surface area contributed by atoms with Crippen molar-refractivity contribution in [3.63, 3.8) is 0 Å². The van der Waals surface area contributed by atoms with Gasteiger partial charge in [-0.15, -0.1) is 0 Å². The fraction of sp³-hybridized carbons (Fsp3) is 1.00. The van der Waals surface area contributed by atoms with E-state index in [1.165, 1.54) is 25.3 Å². The zero-order valence-corrected chi connectivity index (χ0v) is 9.01. The monoisotopic (exact) mass is 148 g/mol. The zero-order valence-electron chi connectivity index (χ0n) is 5.85. The predicted molar refractivity (Wildman–Crippen MR) is 43.6 cm³/mol. The molecular formula is C5H16OSi2. The minimum absolute atomic E-state index is 1.06. The Morgan fingerprint density at radius 1 is 1.50 bits per heavy atom. The zero-order chi connectivity index (χ0) is 6.41. The van der Waals surface area contributed by atoms with Crippen LogP contribution in [0.15, 0.2) is 0 Å². The van der Waals surface area contributed by atoms with Gasteiger partial charge in [-0.2, -0.15) is 0 Å². The van der Waals surface area contributed by atoms with Gasteiger partial charge in [0.1, 0.15) is 8.56 Å². The quantitative estimate of drug-likeness (QED) is 0.431. The highest BCUT2D eigenvalue weighted by Gasteiger charge is 1.95. The first kappa shape index (κ1) is 8.39. The summed E-state index contributed by atoms with van der Waals surface area (Å²) in [6, 6.07) is 1.17. The summed E-state index contributed by atoms with van der Waals surface area (Å²) in [4.78, 5) is 8.98. The van der Waals surface area contributed by atoms with Gasteiger partial charge in [0.25, 0.3) is 0 Å². The number of hydrogen-bond acceptors (Lipinski definition) is 1. The lowest BCUT2D eigenvalue weighted by molar-refractivity contribution is 0.583. The Balaban J connectivity index is 2.72. The molecule has 0 rings (SSSR count). The molecule has 0 aliphatic heterocycles. The van der Waals surface area contributed by atoms with E-state index in [-0.39, 0.29) is 0 Å². The number of rotatable bonds is 4. The standard InChI is InChI=1S/C5H16OSi2/c1-2-3-4-5-8(6)7/h6,8H,2-5H2,1,7H3. The van der Waals surface area contributed by atoms with E-state index in [9.17, 15) is 0 Å². The van der Waals surface area contributed by atoms with Crippen molar-refractivity contribution in [1.82, 2.24) is 0 Å². The Hall–Kier alpha value is 0.394. The van der Waals surface area contributed by atoms with Crippen molar-refractivity contribution in [3.8, 4) is 0 Å². The summed E-state index contributed by atoms with van der Waals surface area (Å²) in [6.07, 6.45) is 3.86. The van der Waals surface area contributed by atoms with Crippen LogP contribution in [-0.4, -0.2) is 23.1 Å². The Morgan fingerprint density at radius 3 is 2.50 bits per heavy atom. The molecule has 0 aromatic heterocycles. The van der Waals surface area contributed by atoms with Gasteiger partial charge in [-0.25, -0.2) is 0 Å². The molecular weight excluding hydrogens is 132 g/mol. The molecule has 1 N–H and O–H groups in total. The Bertz CT molecular complexity index is 47.7. The molecule has 0 aliphatic rings. The second-order valence-electron chi connectivity index (χ2n) is 2.34. The van der Waals surface area contributed by atoms with Crippen LogP contribution in [0.2, 0.25) is 6.04 Å².